The fourth-order valence-corrected chi connectivity index (χ4v) is 4.40. The van der Waals surface area contributed by atoms with Gasteiger partial charge in [-0.3, -0.25) is 0 Å². The summed E-state index contributed by atoms with van der Waals surface area (Å²) in [6, 6.07) is 1.57. The number of hydrogen-bond donors (Lipinski definition) is 1. The van der Waals surface area contributed by atoms with Crippen LogP contribution in [0.5, 0.6) is 0 Å². The van der Waals surface area contributed by atoms with Gasteiger partial charge in [0.1, 0.15) is 0 Å². The van der Waals surface area contributed by atoms with Crippen LogP contribution in [-0.2, 0) is 0 Å². The highest BCUT2D eigenvalue weighted by Gasteiger charge is 2.41. The van der Waals surface area contributed by atoms with E-state index in [9.17, 15) is 0 Å². The van der Waals surface area contributed by atoms with Crippen molar-refractivity contribution in [3.63, 3.8) is 0 Å². The van der Waals surface area contributed by atoms with Gasteiger partial charge >= 0.3 is 0 Å². The number of hydrogen-bond acceptors (Lipinski definition) is 2. The minimum atomic E-state index is 0.483. The second-order valence-corrected chi connectivity index (χ2v) is 7.11. The topological polar surface area (TPSA) is 15.3 Å². The molecule has 2 fully saturated rings. The van der Waals surface area contributed by atoms with Crippen molar-refractivity contribution in [1.29, 1.82) is 0 Å². The summed E-state index contributed by atoms with van der Waals surface area (Å²) in [7, 11) is 2.15. The summed E-state index contributed by atoms with van der Waals surface area (Å²) in [6.45, 7) is 9.89. The molecular formula is C16H32N2. The number of nitrogens with zero attached hydrogens (tertiary/aromatic N) is 1. The number of likely N-dealkylation sites (tertiary alicyclic amines) is 1. The van der Waals surface area contributed by atoms with Gasteiger partial charge in [0.25, 0.3) is 0 Å². The first-order chi connectivity index (χ1) is 8.58. The van der Waals surface area contributed by atoms with E-state index in [4.69, 9.17) is 0 Å². The van der Waals surface area contributed by atoms with E-state index in [0.717, 1.165) is 12.0 Å². The van der Waals surface area contributed by atoms with Crippen molar-refractivity contribution < 1.29 is 0 Å². The Bertz CT molecular complexity index is 262. The van der Waals surface area contributed by atoms with Gasteiger partial charge in [-0.15, -0.1) is 0 Å². The summed E-state index contributed by atoms with van der Waals surface area (Å²) in [5.74, 6) is 0.858. The molecule has 0 spiro atoms. The summed E-state index contributed by atoms with van der Waals surface area (Å²) < 4.78 is 0. The second-order valence-electron chi connectivity index (χ2n) is 7.11. The minimum Gasteiger partial charge on any atom is -0.316 e. The molecule has 0 aromatic carbocycles. The molecule has 2 nitrogen and oxygen atoms in total. The Morgan fingerprint density at radius 3 is 2.67 bits per heavy atom. The Labute approximate surface area is 114 Å². The van der Waals surface area contributed by atoms with Crippen molar-refractivity contribution in [3.05, 3.63) is 0 Å². The lowest BCUT2D eigenvalue weighted by Gasteiger charge is -2.39. The van der Waals surface area contributed by atoms with E-state index in [-0.39, 0.29) is 0 Å². The molecule has 3 atom stereocenters. The van der Waals surface area contributed by atoms with Gasteiger partial charge in [0.15, 0.2) is 0 Å². The van der Waals surface area contributed by atoms with E-state index in [2.05, 4.69) is 38.0 Å². The third kappa shape index (κ3) is 2.91. The summed E-state index contributed by atoms with van der Waals surface area (Å²) in [5.41, 5.74) is 0.483. The van der Waals surface area contributed by atoms with Crippen molar-refractivity contribution in [2.24, 2.45) is 11.3 Å². The Morgan fingerprint density at radius 1 is 1.22 bits per heavy atom. The predicted molar refractivity (Wildman–Crippen MR) is 78.9 cm³/mol. The number of piperidine rings is 1. The quantitative estimate of drug-likeness (QED) is 0.826. The molecule has 2 aliphatic rings. The summed E-state index contributed by atoms with van der Waals surface area (Å²) in [4.78, 5) is 2.79. The fraction of sp³-hybridized carbons (Fsp3) is 1.00. The van der Waals surface area contributed by atoms with Gasteiger partial charge in [-0.1, -0.05) is 27.2 Å². The van der Waals surface area contributed by atoms with Gasteiger partial charge in [0.2, 0.25) is 0 Å². The smallest absolute Gasteiger partial charge is 0.0156 e. The van der Waals surface area contributed by atoms with Crippen LogP contribution in [0, 0.1) is 11.3 Å². The van der Waals surface area contributed by atoms with Gasteiger partial charge in [0, 0.05) is 18.6 Å². The molecule has 0 bridgehead atoms. The first-order valence-electron chi connectivity index (χ1n) is 7.99. The highest BCUT2D eigenvalue weighted by atomic mass is 15.2. The minimum absolute atomic E-state index is 0.483. The van der Waals surface area contributed by atoms with E-state index in [1.807, 2.05) is 0 Å². The Balaban J connectivity index is 1.96. The van der Waals surface area contributed by atoms with Gasteiger partial charge in [0.05, 0.1) is 0 Å². The Morgan fingerprint density at radius 2 is 2.00 bits per heavy atom. The van der Waals surface area contributed by atoms with Crippen LogP contribution < -0.4 is 5.32 Å². The molecule has 1 saturated carbocycles. The van der Waals surface area contributed by atoms with Crippen LogP contribution in [0.3, 0.4) is 0 Å². The lowest BCUT2D eigenvalue weighted by atomic mass is 9.84. The van der Waals surface area contributed by atoms with E-state index < -0.39 is 0 Å². The summed E-state index contributed by atoms with van der Waals surface area (Å²) in [6.07, 6.45) is 8.41. The maximum absolute atomic E-state index is 3.60. The van der Waals surface area contributed by atoms with E-state index in [1.165, 1.54) is 51.6 Å². The van der Waals surface area contributed by atoms with Crippen molar-refractivity contribution in [3.8, 4) is 0 Å². The molecule has 106 valence electrons. The molecule has 18 heavy (non-hydrogen) atoms. The average Bonchev–Trinajstić information content (AvgIpc) is 2.64. The molecule has 1 aliphatic carbocycles. The first kappa shape index (κ1) is 14.3. The molecule has 2 heteroatoms. The van der Waals surface area contributed by atoms with Gasteiger partial charge in [-0.25, -0.2) is 0 Å². The molecule has 2 rings (SSSR count). The van der Waals surface area contributed by atoms with Crippen molar-refractivity contribution >= 4 is 0 Å². The molecule has 0 aromatic rings. The molecule has 1 heterocycles. The summed E-state index contributed by atoms with van der Waals surface area (Å²) >= 11 is 0. The fourth-order valence-electron chi connectivity index (χ4n) is 4.40. The van der Waals surface area contributed by atoms with Crippen LogP contribution in [0.4, 0.5) is 0 Å². The summed E-state index contributed by atoms with van der Waals surface area (Å²) in [5, 5.41) is 3.60. The van der Waals surface area contributed by atoms with Crippen LogP contribution in [0.2, 0.25) is 0 Å². The SMILES string of the molecule is CCC1CCCCN1CC1CCC(C)(C)C1NC. The lowest BCUT2D eigenvalue weighted by Crippen LogP contribution is -2.47. The third-order valence-electron chi connectivity index (χ3n) is 5.47. The highest BCUT2D eigenvalue weighted by molar-refractivity contribution is 4.97. The van der Waals surface area contributed by atoms with E-state index in [0.29, 0.717) is 11.5 Å². The Hall–Kier alpha value is -0.0800. The van der Waals surface area contributed by atoms with Crippen molar-refractivity contribution in [2.45, 2.75) is 71.4 Å². The van der Waals surface area contributed by atoms with Crippen LogP contribution in [0.25, 0.3) is 0 Å². The standard InChI is InChI=1S/C16H32N2/c1-5-14-8-6-7-11-18(14)12-13-9-10-16(2,3)15(13)17-4/h13-15,17H,5-12H2,1-4H3. The van der Waals surface area contributed by atoms with Gasteiger partial charge in [-0.05, 0) is 57.0 Å². The molecule has 1 saturated heterocycles. The van der Waals surface area contributed by atoms with E-state index in [1.54, 1.807) is 0 Å². The zero-order valence-electron chi connectivity index (χ0n) is 12.8. The van der Waals surface area contributed by atoms with Gasteiger partial charge < -0.3 is 10.2 Å². The zero-order valence-corrected chi connectivity index (χ0v) is 12.8. The molecule has 0 aromatic heterocycles. The molecule has 1 N–H and O–H groups in total. The zero-order chi connectivity index (χ0) is 13.2. The predicted octanol–water partition coefficient (Wildman–Crippen LogP) is 3.28. The third-order valence-corrected chi connectivity index (χ3v) is 5.47. The van der Waals surface area contributed by atoms with Crippen LogP contribution in [-0.4, -0.2) is 37.1 Å². The largest absolute Gasteiger partial charge is 0.316 e. The average molecular weight is 252 g/mol. The van der Waals surface area contributed by atoms with Crippen LogP contribution >= 0.6 is 0 Å². The Kier molecular flexibility index (Phi) is 4.71. The molecule has 1 aliphatic heterocycles. The monoisotopic (exact) mass is 252 g/mol. The molecule has 3 unspecified atom stereocenters. The van der Waals surface area contributed by atoms with Crippen LogP contribution in [0.1, 0.15) is 59.3 Å². The maximum atomic E-state index is 3.60. The van der Waals surface area contributed by atoms with Crippen molar-refractivity contribution in [2.75, 3.05) is 20.1 Å². The molecule has 0 amide bonds. The normalized spacial score (nSPS) is 37.0. The lowest BCUT2D eigenvalue weighted by molar-refractivity contribution is 0.109. The highest BCUT2D eigenvalue weighted by Crippen LogP contribution is 2.42. The number of rotatable bonds is 4. The van der Waals surface area contributed by atoms with Crippen molar-refractivity contribution in [1.82, 2.24) is 10.2 Å². The molecular weight excluding hydrogens is 220 g/mol. The second kappa shape index (κ2) is 5.92. The van der Waals surface area contributed by atoms with Gasteiger partial charge in [-0.2, -0.15) is 0 Å². The number of nitrogens with one attached hydrogen (secondary N) is 1. The van der Waals surface area contributed by atoms with Crippen LogP contribution in [0.15, 0.2) is 0 Å². The first-order valence-corrected chi connectivity index (χ1v) is 7.99. The van der Waals surface area contributed by atoms with E-state index >= 15 is 0 Å². The molecule has 0 radical (unpaired) electrons. The maximum Gasteiger partial charge on any atom is 0.0156 e.